The van der Waals surface area contributed by atoms with Crippen molar-refractivity contribution < 1.29 is 9.13 Å². The molecule has 0 fully saturated rings. The summed E-state index contributed by atoms with van der Waals surface area (Å²) >= 11 is 3.45. The molecule has 0 radical (unpaired) electrons. The van der Waals surface area contributed by atoms with Gasteiger partial charge < -0.3 is 10.5 Å². The lowest BCUT2D eigenvalue weighted by atomic mass is 10.1. The number of methoxy groups -OCH3 is 1. The minimum absolute atomic E-state index is 0.315. The third-order valence-corrected chi connectivity index (χ3v) is 3.38. The summed E-state index contributed by atoms with van der Waals surface area (Å²) in [7, 11) is 1.48. The van der Waals surface area contributed by atoms with Crippen LogP contribution < -0.4 is 10.5 Å². The minimum atomic E-state index is -0.315. The zero-order valence-corrected chi connectivity index (χ0v) is 10.5. The molecule has 1 aromatic rings. The molecule has 0 unspecified atom stereocenters. The smallest absolute Gasteiger partial charge is 0.165 e. The molecule has 0 spiro atoms. The first-order valence-corrected chi connectivity index (χ1v) is 5.62. The van der Waals surface area contributed by atoms with Gasteiger partial charge in [0.05, 0.1) is 7.11 Å². The van der Waals surface area contributed by atoms with Gasteiger partial charge in [0.1, 0.15) is 0 Å². The number of hydrogen-bond donors (Lipinski definition) is 1. The van der Waals surface area contributed by atoms with Crippen LogP contribution in [0.3, 0.4) is 0 Å². The molecular weight excluding hydrogens is 261 g/mol. The highest BCUT2D eigenvalue weighted by Gasteiger charge is 2.14. The van der Waals surface area contributed by atoms with Crippen LogP contribution in [0.5, 0.6) is 5.75 Å². The first-order valence-electron chi connectivity index (χ1n) is 4.83. The van der Waals surface area contributed by atoms with Crippen molar-refractivity contribution in [1.82, 2.24) is 0 Å². The van der Waals surface area contributed by atoms with Gasteiger partial charge in [-0.1, -0.05) is 15.9 Å². The second-order valence-corrected chi connectivity index (χ2v) is 4.19. The van der Waals surface area contributed by atoms with E-state index in [9.17, 15) is 4.39 Å². The number of hydrogen-bond acceptors (Lipinski definition) is 2. The van der Waals surface area contributed by atoms with Crippen LogP contribution in [0.2, 0.25) is 0 Å². The van der Waals surface area contributed by atoms with Crippen molar-refractivity contribution in [2.45, 2.75) is 19.8 Å². The van der Waals surface area contributed by atoms with Crippen LogP contribution >= 0.6 is 15.9 Å². The Hall–Kier alpha value is -0.610. The number of nitrogens with two attached hydrogens (primary N) is 1. The topological polar surface area (TPSA) is 35.2 Å². The molecule has 2 N–H and O–H groups in total. The predicted molar refractivity (Wildman–Crippen MR) is 62.8 cm³/mol. The average molecular weight is 276 g/mol. The van der Waals surface area contributed by atoms with Crippen LogP contribution in [0.25, 0.3) is 0 Å². The first-order chi connectivity index (χ1) is 7.11. The summed E-state index contributed by atoms with van der Waals surface area (Å²) in [4.78, 5) is 0. The molecule has 0 saturated heterocycles. The van der Waals surface area contributed by atoms with E-state index in [4.69, 9.17) is 10.5 Å². The van der Waals surface area contributed by atoms with Gasteiger partial charge >= 0.3 is 0 Å². The maximum absolute atomic E-state index is 13.5. The Bertz CT molecular complexity index is 355. The maximum atomic E-state index is 13.5. The van der Waals surface area contributed by atoms with Gasteiger partial charge in [0.25, 0.3) is 0 Å². The lowest BCUT2D eigenvalue weighted by molar-refractivity contribution is 0.380. The summed E-state index contributed by atoms with van der Waals surface area (Å²) in [5.74, 6) is 0.00569. The van der Waals surface area contributed by atoms with Crippen LogP contribution in [-0.2, 0) is 6.42 Å². The van der Waals surface area contributed by atoms with Crippen LogP contribution in [0.4, 0.5) is 4.39 Å². The second kappa shape index (κ2) is 5.47. The van der Waals surface area contributed by atoms with E-state index in [1.54, 1.807) is 0 Å². The number of ether oxygens (including phenoxy) is 1. The average Bonchev–Trinajstić information content (AvgIpc) is 2.21. The fourth-order valence-corrected chi connectivity index (χ4v) is 2.02. The molecule has 2 nitrogen and oxygen atoms in total. The molecule has 0 aliphatic carbocycles. The van der Waals surface area contributed by atoms with Gasteiger partial charge in [-0.3, -0.25) is 0 Å². The highest BCUT2D eigenvalue weighted by Crippen LogP contribution is 2.33. The molecule has 4 heteroatoms. The Labute approximate surface area is 97.7 Å². The maximum Gasteiger partial charge on any atom is 0.165 e. The summed E-state index contributed by atoms with van der Waals surface area (Å²) in [6, 6.07) is 1.47. The third kappa shape index (κ3) is 2.69. The molecule has 0 atom stereocenters. The number of halogens is 2. The van der Waals surface area contributed by atoms with E-state index in [0.29, 0.717) is 12.3 Å². The molecule has 1 rings (SSSR count). The Morgan fingerprint density at radius 2 is 2.20 bits per heavy atom. The van der Waals surface area contributed by atoms with Crippen molar-refractivity contribution >= 4 is 15.9 Å². The number of benzene rings is 1. The molecule has 1 aromatic carbocycles. The number of aryl methyl sites for hydroxylation is 1. The van der Waals surface area contributed by atoms with E-state index < -0.39 is 0 Å². The molecule has 0 aliphatic rings. The molecule has 0 heterocycles. The van der Waals surface area contributed by atoms with Gasteiger partial charge in [-0.25, -0.2) is 4.39 Å². The van der Waals surface area contributed by atoms with E-state index in [1.165, 1.54) is 13.2 Å². The molecule has 0 aromatic heterocycles. The Morgan fingerprint density at radius 3 is 2.73 bits per heavy atom. The minimum Gasteiger partial charge on any atom is -0.493 e. The summed E-state index contributed by atoms with van der Waals surface area (Å²) in [6.45, 7) is 2.45. The van der Waals surface area contributed by atoms with Crippen molar-refractivity contribution in [2.75, 3.05) is 13.7 Å². The standard InChI is InChI=1S/C11H15BrFNO/c1-7-6-9(13)11(15-2)8(10(7)12)4-3-5-14/h6H,3-5,14H2,1-2H3. The third-order valence-electron chi connectivity index (χ3n) is 2.28. The van der Waals surface area contributed by atoms with Gasteiger partial charge in [-0.2, -0.15) is 0 Å². The van der Waals surface area contributed by atoms with Gasteiger partial charge in [0.2, 0.25) is 0 Å². The molecule has 0 aliphatic heterocycles. The van der Waals surface area contributed by atoms with E-state index in [0.717, 1.165) is 28.4 Å². The molecular formula is C11H15BrFNO. The van der Waals surface area contributed by atoms with Crippen molar-refractivity contribution in [1.29, 1.82) is 0 Å². The molecule has 15 heavy (non-hydrogen) atoms. The lowest BCUT2D eigenvalue weighted by Gasteiger charge is -2.13. The summed E-state index contributed by atoms with van der Waals surface area (Å²) in [5.41, 5.74) is 7.18. The molecule has 0 amide bonds. The zero-order chi connectivity index (χ0) is 11.4. The van der Waals surface area contributed by atoms with E-state index in [-0.39, 0.29) is 5.82 Å². The first kappa shape index (κ1) is 12.5. The Balaban J connectivity index is 3.18. The summed E-state index contributed by atoms with van der Waals surface area (Å²) < 4.78 is 19.5. The van der Waals surface area contributed by atoms with Crippen molar-refractivity contribution in [2.24, 2.45) is 5.73 Å². The summed E-state index contributed by atoms with van der Waals surface area (Å²) in [6.07, 6.45) is 1.54. The quantitative estimate of drug-likeness (QED) is 0.917. The SMILES string of the molecule is COc1c(F)cc(C)c(Br)c1CCCN. The van der Waals surface area contributed by atoms with Crippen LogP contribution in [-0.4, -0.2) is 13.7 Å². The fraction of sp³-hybridized carbons (Fsp3) is 0.455. The van der Waals surface area contributed by atoms with Gasteiger partial charge in [0.15, 0.2) is 11.6 Å². The second-order valence-electron chi connectivity index (χ2n) is 3.39. The lowest BCUT2D eigenvalue weighted by Crippen LogP contribution is -2.04. The summed E-state index contributed by atoms with van der Waals surface area (Å²) in [5, 5.41) is 0. The Morgan fingerprint density at radius 1 is 1.53 bits per heavy atom. The zero-order valence-electron chi connectivity index (χ0n) is 8.94. The Kier molecular flexibility index (Phi) is 4.54. The fourth-order valence-electron chi connectivity index (χ4n) is 1.52. The van der Waals surface area contributed by atoms with E-state index in [1.807, 2.05) is 6.92 Å². The molecule has 84 valence electrons. The monoisotopic (exact) mass is 275 g/mol. The highest BCUT2D eigenvalue weighted by atomic mass is 79.9. The number of rotatable bonds is 4. The normalized spacial score (nSPS) is 10.5. The van der Waals surface area contributed by atoms with Crippen molar-refractivity contribution in [3.05, 3.63) is 27.5 Å². The molecule has 0 bridgehead atoms. The van der Waals surface area contributed by atoms with Gasteiger partial charge in [0, 0.05) is 10.0 Å². The van der Waals surface area contributed by atoms with Gasteiger partial charge in [-0.15, -0.1) is 0 Å². The predicted octanol–water partition coefficient (Wildman–Crippen LogP) is 2.80. The van der Waals surface area contributed by atoms with Crippen molar-refractivity contribution in [3.8, 4) is 5.75 Å². The van der Waals surface area contributed by atoms with Gasteiger partial charge in [-0.05, 0) is 37.9 Å². The molecule has 0 saturated carbocycles. The van der Waals surface area contributed by atoms with E-state index >= 15 is 0 Å². The van der Waals surface area contributed by atoms with Crippen LogP contribution in [0, 0.1) is 12.7 Å². The van der Waals surface area contributed by atoms with Crippen LogP contribution in [0.1, 0.15) is 17.5 Å². The largest absolute Gasteiger partial charge is 0.493 e. The van der Waals surface area contributed by atoms with Crippen molar-refractivity contribution in [3.63, 3.8) is 0 Å². The van der Waals surface area contributed by atoms with E-state index in [2.05, 4.69) is 15.9 Å². The highest BCUT2D eigenvalue weighted by molar-refractivity contribution is 9.10. The van der Waals surface area contributed by atoms with Crippen LogP contribution in [0.15, 0.2) is 10.5 Å².